The fraction of sp³-hybridized carbons (Fsp3) is 0.143. The number of carbonyl (C=O) groups excluding carboxylic acids is 3. The number of benzene rings is 2. The van der Waals surface area contributed by atoms with E-state index < -0.39 is 5.91 Å². The molecule has 8 nitrogen and oxygen atoms in total. The summed E-state index contributed by atoms with van der Waals surface area (Å²) in [6, 6.07) is 15.1. The highest BCUT2D eigenvalue weighted by Crippen LogP contribution is 2.40. The third kappa shape index (κ3) is 6.89. The molecule has 0 aliphatic carbocycles. The van der Waals surface area contributed by atoms with Crippen molar-refractivity contribution in [3.05, 3.63) is 90.9 Å². The van der Waals surface area contributed by atoms with Crippen LogP contribution in [0.1, 0.15) is 57.3 Å². The maximum atomic E-state index is 12.8. The Morgan fingerprint density at radius 3 is 2.25 bits per heavy atom. The predicted molar refractivity (Wildman–Crippen MR) is 162 cm³/mol. The van der Waals surface area contributed by atoms with E-state index in [1.807, 2.05) is 19.1 Å². The summed E-state index contributed by atoms with van der Waals surface area (Å²) in [5.74, 6) is -0.941. The number of hydrogen-bond donors (Lipinski definition) is 4. The van der Waals surface area contributed by atoms with Gasteiger partial charge in [-0.25, -0.2) is 5.43 Å². The second-order valence-electron chi connectivity index (χ2n) is 8.76. The Kier molecular flexibility index (Phi) is 9.26. The molecular weight excluding hydrogens is 591 g/mol. The van der Waals surface area contributed by atoms with Crippen molar-refractivity contribution in [1.29, 1.82) is 0 Å². The van der Waals surface area contributed by atoms with Gasteiger partial charge in [-0.2, -0.15) is 5.10 Å². The standard InChI is InChI=1S/C28H24Cl2N4O4S2/c1-14(17-4-7-19(8-5-17)32-16(3)35)31-27(37)23-10-11-24(40-23)28(38)34-33-15(2)20-13-39-26(25(20)36)18-6-9-21(29)22(30)12-18/h4-14,36H,1-3H3,(H,31,37)(H,32,35)(H,34,38). The first-order valence-electron chi connectivity index (χ1n) is 11.9. The first-order valence-corrected chi connectivity index (χ1v) is 14.4. The molecule has 40 heavy (non-hydrogen) atoms. The van der Waals surface area contributed by atoms with Gasteiger partial charge in [0.05, 0.1) is 42.0 Å². The topological polar surface area (TPSA) is 120 Å². The van der Waals surface area contributed by atoms with Gasteiger partial charge in [-0.05, 0) is 61.4 Å². The number of nitrogens with one attached hydrogen (secondary N) is 3. The second kappa shape index (κ2) is 12.6. The average Bonchev–Trinajstić information content (AvgIpc) is 3.56. The number of hydrazone groups is 1. The summed E-state index contributed by atoms with van der Waals surface area (Å²) in [5, 5.41) is 23.0. The first kappa shape index (κ1) is 29.3. The van der Waals surface area contributed by atoms with E-state index in [4.69, 9.17) is 23.2 Å². The molecule has 3 amide bonds. The van der Waals surface area contributed by atoms with Gasteiger partial charge in [0, 0.05) is 18.0 Å². The highest BCUT2D eigenvalue weighted by atomic mass is 35.5. The smallest absolute Gasteiger partial charge is 0.281 e. The molecule has 4 N–H and O–H groups in total. The lowest BCUT2D eigenvalue weighted by Crippen LogP contribution is -2.25. The van der Waals surface area contributed by atoms with Crippen LogP contribution in [0, 0.1) is 0 Å². The van der Waals surface area contributed by atoms with E-state index in [1.54, 1.807) is 54.8 Å². The summed E-state index contributed by atoms with van der Waals surface area (Å²) in [5.41, 5.74) is 5.59. The number of aromatic hydroxyl groups is 1. The van der Waals surface area contributed by atoms with Crippen LogP contribution < -0.4 is 16.1 Å². The molecule has 0 saturated carbocycles. The lowest BCUT2D eigenvalue weighted by Gasteiger charge is -2.14. The fourth-order valence-electron chi connectivity index (χ4n) is 3.69. The van der Waals surface area contributed by atoms with Gasteiger partial charge in [-0.3, -0.25) is 14.4 Å². The fourth-order valence-corrected chi connectivity index (χ4v) is 5.79. The molecule has 0 saturated heterocycles. The number of amides is 3. The SMILES string of the molecule is CC(=O)Nc1ccc(C(C)NC(=O)c2ccc(C(=O)NN=C(C)c3csc(-c4ccc(Cl)c(Cl)c4)c3O)s2)cc1. The average molecular weight is 616 g/mol. The second-order valence-corrected chi connectivity index (χ2v) is 11.5. The van der Waals surface area contributed by atoms with Gasteiger partial charge in [-0.15, -0.1) is 22.7 Å². The molecular formula is C28H24Cl2N4O4S2. The van der Waals surface area contributed by atoms with Gasteiger partial charge in [0.1, 0.15) is 5.75 Å². The van der Waals surface area contributed by atoms with Crippen molar-refractivity contribution in [2.45, 2.75) is 26.8 Å². The lowest BCUT2D eigenvalue weighted by molar-refractivity contribution is -0.114. The Morgan fingerprint density at radius 1 is 0.925 bits per heavy atom. The van der Waals surface area contributed by atoms with Crippen molar-refractivity contribution in [2.24, 2.45) is 5.10 Å². The van der Waals surface area contributed by atoms with Crippen molar-refractivity contribution in [2.75, 3.05) is 5.32 Å². The van der Waals surface area contributed by atoms with Gasteiger partial charge < -0.3 is 15.7 Å². The van der Waals surface area contributed by atoms with Crippen LogP contribution >= 0.6 is 45.9 Å². The minimum atomic E-state index is -0.482. The van der Waals surface area contributed by atoms with Crippen LogP contribution in [0.4, 0.5) is 5.69 Å². The lowest BCUT2D eigenvalue weighted by atomic mass is 10.1. The Bertz CT molecular complexity index is 1610. The highest BCUT2D eigenvalue weighted by molar-refractivity contribution is 7.16. The van der Waals surface area contributed by atoms with E-state index in [0.29, 0.717) is 47.2 Å². The van der Waals surface area contributed by atoms with E-state index in [1.165, 1.54) is 18.3 Å². The van der Waals surface area contributed by atoms with Gasteiger partial charge >= 0.3 is 0 Å². The molecule has 12 heteroatoms. The summed E-state index contributed by atoms with van der Waals surface area (Å²) < 4.78 is 0. The molecule has 0 radical (unpaired) electrons. The minimum absolute atomic E-state index is 0.0212. The van der Waals surface area contributed by atoms with Crippen molar-refractivity contribution < 1.29 is 19.5 Å². The van der Waals surface area contributed by atoms with Gasteiger partial charge in [0.25, 0.3) is 11.8 Å². The van der Waals surface area contributed by atoms with E-state index >= 15 is 0 Å². The van der Waals surface area contributed by atoms with E-state index in [0.717, 1.165) is 16.9 Å². The number of rotatable bonds is 8. The van der Waals surface area contributed by atoms with E-state index in [-0.39, 0.29) is 23.6 Å². The Balaban J connectivity index is 1.38. The number of anilines is 1. The zero-order valence-electron chi connectivity index (χ0n) is 21.5. The summed E-state index contributed by atoms with van der Waals surface area (Å²) in [6.45, 7) is 4.94. The molecule has 0 bridgehead atoms. The number of nitrogens with zero attached hydrogens (tertiary/aromatic N) is 1. The molecule has 0 aliphatic rings. The number of hydrogen-bond acceptors (Lipinski definition) is 7. The number of halogens is 2. The molecule has 0 fully saturated rings. The molecule has 206 valence electrons. The Hall–Kier alpha value is -3.70. The van der Waals surface area contributed by atoms with E-state index in [2.05, 4.69) is 21.2 Å². The van der Waals surface area contributed by atoms with Gasteiger partial charge in [-0.1, -0.05) is 41.4 Å². The number of carbonyl (C=O) groups is 3. The molecule has 0 aliphatic heterocycles. The predicted octanol–water partition coefficient (Wildman–Crippen LogP) is 7.09. The van der Waals surface area contributed by atoms with Crippen LogP contribution in [0.5, 0.6) is 5.75 Å². The van der Waals surface area contributed by atoms with Crippen molar-refractivity contribution >= 4 is 75.0 Å². The van der Waals surface area contributed by atoms with Crippen LogP contribution in [0.15, 0.2) is 65.1 Å². The largest absolute Gasteiger partial charge is 0.506 e. The summed E-state index contributed by atoms with van der Waals surface area (Å²) in [7, 11) is 0. The molecule has 1 unspecified atom stereocenters. The van der Waals surface area contributed by atoms with Crippen molar-refractivity contribution in [3.8, 4) is 16.2 Å². The normalized spacial score (nSPS) is 12.1. The maximum Gasteiger partial charge on any atom is 0.281 e. The van der Waals surface area contributed by atoms with Crippen molar-refractivity contribution in [3.63, 3.8) is 0 Å². The number of thiophene rings is 2. The molecule has 4 rings (SSSR count). The maximum absolute atomic E-state index is 12.8. The quantitative estimate of drug-likeness (QED) is 0.125. The Labute approximate surface area is 248 Å². The van der Waals surface area contributed by atoms with Crippen LogP contribution in [0.2, 0.25) is 10.0 Å². The minimum Gasteiger partial charge on any atom is -0.506 e. The molecule has 4 aromatic rings. The summed E-state index contributed by atoms with van der Waals surface area (Å²) >= 11 is 14.4. The van der Waals surface area contributed by atoms with Crippen LogP contribution in [0.3, 0.4) is 0 Å². The monoisotopic (exact) mass is 614 g/mol. The van der Waals surface area contributed by atoms with Gasteiger partial charge in [0.15, 0.2) is 0 Å². The molecule has 0 spiro atoms. The highest BCUT2D eigenvalue weighted by Gasteiger charge is 2.18. The zero-order chi connectivity index (χ0) is 29.0. The Morgan fingerprint density at radius 2 is 1.60 bits per heavy atom. The molecule has 1 atom stereocenters. The first-order chi connectivity index (χ1) is 19.0. The van der Waals surface area contributed by atoms with Gasteiger partial charge in [0.2, 0.25) is 5.91 Å². The van der Waals surface area contributed by atoms with Crippen LogP contribution in [-0.4, -0.2) is 28.5 Å². The molecule has 2 aromatic carbocycles. The van der Waals surface area contributed by atoms with E-state index in [9.17, 15) is 19.5 Å². The zero-order valence-corrected chi connectivity index (χ0v) is 24.7. The third-order valence-electron chi connectivity index (χ3n) is 5.79. The molecule has 2 aromatic heterocycles. The third-order valence-corrected chi connectivity index (χ3v) is 8.63. The van der Waals surface area contributed by atoms with Crippen molar-refractivity contribution in [1.82, 2.24) is 10.7 Å². The van der Waals surface area contributed by atoms with Crippen LogP contribution in [-0.2, 0) is 4.79 Å². The molecule has 2 heterocycles. The summed E-state index contributed by atoms with van der Waals surface area (Å²) in [4.78, 5) is 37.9. The van der Waals surface area contributed by atoms with Crippen LogP contribution in [0.25, 0.3) is 10.4 Å². The summed E-state index contributed by atoms with van der Waals surface area (Å²) in [6.07, 6.45) is 0.